The Morgan fingerprint density at radius 2 is 1.75 bits per heavy atom. The van der Waals surface area contributed by atoms with Crippen LogP contribution in [0.25, 0.3) is 0 Å². The normalized spacial score (nSPS) is 15.2. The quantitative estimate of drug-likeness (QED) is 0.687. The average Bonchev–Trinajstić information content (AvgIpc) is 3.19. The smallest absolute Gasteiger partial charge is 0.242 e. The van der Waals surface area contributed by atoms with Crippen LogP contribution in [0.4, 0.5) is 0 Å². The minimum atomic E-state index is -0.518. The highest BCUT2D eigenvalue weighted by atomic mass is 79.9. The zero-order valence-electron chi connectivity index (χ0n) is 16.2. The van der Waals surface area contributed by atoms with E-state index in [1.165, 1.54) is 0 Å². The molecule has 1 fully saturated rings. The third kappa shape index (κ3) is 5.68. The Morgan fingerprint density at radius 3 is 2.43 bits per heavy atom. The van der Waals surface area contributed by atoms with Crippen molar-refractivity contribution in [1.82, 2.24) is 10.2 Å². The zero-order chi connectivity index (χ0) is 19.9. The third-order valence-corrected chi connectivity index (χ3v) is 5.80. The minimum absolute atomic E-state index is 0.0414. The number of carbonyl (C=O) groups excluding carboxylic acids is 2. The summed E-state index contributed by atoms with van der Waals surface area (Å²) in [5.41, 5.74) is 1.95. The third-order valence-electron chi connectivity index (χ3n) is 5.31. The fraction of sp³-hybridized carbons (Fsp3) is 0.391. The maximum Gasteiger partial charge on any atom is 0.242 e. The Kier molecular flexibility index (Phi) is 7.26. The van der Waals surface area contributed by atoms with E-state index in [0.29, 0.717) is 6.54 Å². The van der Waals surface area contributed by atoms with Gasteiger partial charge in [-0.25, -0.2) is 0 Å². The summed E-state index contributed by atoms with van der Waals surface area (Å²) in [6.45, 7) is 2.23. The molecule has 2 aromatic carbocycles. The summed E-state index contributed by atoms with van der Waals surface area (Å²) in [5, 5.41) is 3.13. The molecule has 1 N–H and O–H groups in total. The maximum atomic E-state index is 13.1. The van der Waals surface area contributed by atoms with Crippen LogP contribution in [0.15, 0.2) is 59.1 Å². The van der Waals surface area contributed by atoms with Crippen molar-refractivity contribution in [1.29, 1.82) is 0 Å². The van der Waals surface area contributed by atoms with Crippen molar-refractivity contribution in [3.05, 3.63) is 70.2 Å². The van der Waals surface area contributed by atoms with Gasteiger partial charge in [0.15, 0.2) is 0 Å². The molecule has 148 valence electrons. The van der Waals surface area contributed by atoms with E-state index in [1.54, 1.807) is 4.90 Å². The van der Waals surface area contributed by atoms with Gasteiger partial charge >= 0.3 is 0 Å². The number of hydrogen-bond donors (Lipinski definition) is 1. The van der Waals surface area contributed by atoms with E-state index < -0.39 is 6.04 Å². The van der Waals surface area contributed by atoms with Crippen LogP contribution in [0.3, 0.4) is 0 Å². The molecule has 3 rings (SSSR count). The molecular formula is C23H27BrN2O2. The summed E-state index contributed by atoms with van der Waals surface area (Å²) in [6, 6.07) is 17.3. The molecular weight excluding hydrogens is 416 g/mol. The van der Waals surface area contributed by atoms with Crippen LogP contribution in [0.2, 0.25) is 0 Å². The summed E-state index contributed by atoms with van der Waals surface area (Å²) in [4.78, 5) is 27.7. The van der Waals surface area contributed by atoms with Gasteiger partial charge in [-0.05, 0) is 43.0 Å². The molecule has 0 heterocycles. The van der Waals surface area contributed by atoms with Gasteiger partial charge in [-0.2, -0.15) is 0 Å². The molecule has 28 heavy (non-hydrogen) atoms. The largest absolute Gasteiger partial charge is 0.352 e. The summed E-state index contributed by atoms with van der Waals surface area (Å²) < 4.78 is 0.962. The number of nitrogens with one attached hydrogen (secondary N) is 1. The number of amides is 2. The molecule has 0 radical (unpaired) electrons. The summed E-state index contributed by atoms with van der Waals surface area (Å²) >= 11 is 3.48. The van der Waals surface area contributed by atoms with E-state index in [-0.39, 0.29) is 24.3 Å². The Hall–Kier alpha value is -2.14. The van der Waals surface area contributed by atoms with Crippen molar-refractivity contribution in [3.63, 3.8) is 0 Å². The second-order valence-corrected chi connectivity index (χ2v) is 8.40. The van der Waals surface area contributed by atoms with Crippen LogP contribution in [-0.4, -0.2) is 28.8 Å². The molecule has 4 nitrogen and oxygen atoms in total. The van der Waals surface area contributed by atoms with Gasteiger partial charge in [0.1, 0.15) is 6.04 Å². The first-order valence-electron chi connectivity index (χ1n) is 9.91. The minimum Gasteiger partial charge on any atom is -0.352 e. The van der Waals surface area contributed by atoms with Crippen molar-refractivity contribution in [2.75, 3.05) is 0 Å². The first-order valence-corrected chi connectivity index (χ1v) is 10.7. The standard InChI is InChI=1S/C23H27BrN2O2/c1-17(23(28)25-21-12-5-6-13-21)26(16-19-10-7-11-20(24)14-19)22(27)15-18-8-3-2-4-9-18/h2-4,7-11,14,17,21H,5-6,12-13,15-16H2,1H3,(H,25,28)/t17-/m0/s1. The molecule has 1 saturated carbocycles. The van der Waals surface area contributed by atoms with Gasteiger partial charge < -0.3 is 10.2 Å². The molecule has 0 bridgehead atoms. The molecule has 0 saturated heterocycles. The number of nitrogens with zero attached hydrogens (tertiary/aromatic N) is 1. The monoisotopic (exact) mass is 442 g/mol. The molecule has 1 aliphatic rings. The van der Waals surface area contributed by atoms with Crippen LogP contribution >= 0.6 is 15.9 Å². The fourth-order valence-corrected chi connectivity index (χ4v) is 4.13. The lowest BCUT2D eigenvalue weighted by Crippen LogP contribution is -2.50. The van der Waals surface area contributed by atoms with E-state index >= 15 is 0 Å². The molecule has 5 heteroatoms. The predicted molar refractivity (Wildman–Crippen MR) is 115 cm³/mol. The van der Waals surface area contributed by atoms with E-state index in [0.717, 1.165) is 41.3 Å². The van der Waals surface area contributed by atoms with Crippen LogP contribution in [0.1, 0.15) is 43.7 Å². The number of hydrogen-bond acceptors (Lipinski definition) is 2. The molecule has 1 atom stereocenters. The van der Waals surface area contributed by atoms with Gasteiger partial charge in [0.05, 0.1) is 6.42 Å². The lowest BCUT2D eigenvalue weighted by atomic mass is 10.1. The summed E-state index contributed by atoms with van der Waals surface area (Å²) in [5.74, 6) is -0.108. The van der Waals surface area contributed by atoms with Gasteiger partial charge in [0.2, 0.25) is 11.8 Å². The van der Waals surface area contributed by atoms with E-state index in [2.05, 4.69) is 21.2 Å². The van der Waals surface area contributed by atoms with Gasteiger partial charge in [-0.15, -0.1) is 0 Å². The fourth-order valence-electron chi connectivity index (χ4n) is 3.68. The molecule has 2 aromatic rings. The number of carbonyl (C=O) groups is 2. The van der Waals surface area contributed by atoms with Crippen molar-refractivity contribution < 1.29 is 9.59 Å². The topological polar surface area (TPSA) is 49.4 Å². The van der Waals surface area contributed by atoms with Gasteiger partial charge in [0.25, 0.3) is 0 Å². The van der Waals surface area contributed by atoms with Gasteiger partial charge in [-0.3, -0.25) is 9.59 Å². The predicted octanol–water partition coefficient (Wildman–Crippen LogP) is 4.47. The first kappa shape index (κ1) is 20.6. The lowest BCUT2D eigenvalue weighted by Gasteiger charge is -2.30. The second kappa shape index (κ2) is 9.87. The van der Waals surface area contributed by atoms with Crippen molar-refractivity contribution in [2.24, 2.45) is 0 Å². The molecule has 0 aliphatic heterocycles. The van der Waals surface area contributed by atoms with Crippen LogP contribution in [0.5, 0.6) is 0 Å². The highest BCUT2D eigenvalue weighted by molar-refractivity contribution is 9.10. The maximum absolute atomic E-state index is 13.1. The zero-order valence-corrected chi connectivity index (χ0v) is 17.8. The Morgan fingerprint density at radius 1 is 1.07 bits per heavy atom. The molecule has 0 spiro atoms. The van der Waals surface area contributed by atoms with E-state index in [4.69, 9.17) is 0 Å². The van der Waals surface area contributed by atoms with Crippen molar-refractivity contribution >= 4 is 27.7 Å². The van der Waals surface area contributed by atoms with E-state index in [1.807, 2.05) is 61.5 Å². The van der Waals surface area contributed by atoms with Crippen LogP contribution in [-0.2, 0) is 22.6 Å². The Bertz CT molecular complexity index is 803. The molecule has 2 amide bonds. The molecule has 0 unspecified atom stereocenters. The Labute approximate surface area is 175 Å². The Balaban J connectivity index is 1.76. The molecule has 1 aliphatic carbocycles. The SMILES string of the molecule is C[C@@H](C(=O)NC1CCCC1)N(Cc1cccc(Br)c1)C(=O)Cc1ccccc1. The highest BCUT2D eigenvalue weighted by Crippen LogP contribution is 2.19. The average molecular weight is 443 g/mol. The number of benzene rings is 2. The summed E-state index contributed by atoms with van der Waals surface area (Å²) in [7, 11) is 0. The summed E-state index contributed by atoms with van der Waals surface area (Å²) in [6.07, 6.45) is 4.67. The second-order valence-electron chi connectivity index (χ2n) is 7.48. The van der Waals surface area contributed by atoms with Gasteiger partial charge in [0, 0.05) is 17.1 Å². The van der Waals surface area contributed by atoms with Crippen LogP contribution in [0, 0.1) is 0 Å². The van der Waals surface area contributed by atoms with Crippen LogP contribution < -0.4 is 5.32 Å². The van der Waals surface area contributed by atoms with Crippen molar-refractivity contribution in [2.45, 2.75) is 57.7 Å². The lowest BCUT2D eigenvalue weighted by molar-refractivity contribution is -0.140. The number of rotatable bonds is 7. The first-order chi connectivity index (χ1) is 13.5. The van der Waals surface area contributed by atoms with Gasteiger partial charge in [-0.1, -0.05) is 71.2 Å². The molecule has 0 aromatic heterocycles. The highest BCUT2D eigenvalue weighted by Gasteiger charge is 2.28. The number of halogens is 1. The van der Waals surface area contributed by atoms with Crippen molar-refractivity contribution in [3.8, 4) is 0 Å². The van der Waals surface area contributed by atoms with E-state index in [9.17, 15) is 9.59 Å².